The molecule has 0 amide bonds. The van der Waals surface area contributed by atoms with Crippen molar-refractivity contribution in [2.75, 3.05) is 26.4 Å². The van der Waals surface area contributed by atoms with Crippen molar-refractivity contribution in [3.8, 4) is 0 Å². The molecule has 3 unspecified atom stereocenters. The summed E-state index contributed by atoms with van der Waals surface area (Å²) >= 11 is 0. The lowest BCUT2D eigenvalue weighted by Gasteiger charge is -2.43. The second kappa shape index (κ2) is 10.7. The van der Waals surface area contributed by atoms with E-state index in [0.29, 0.717) is 26.4 Å². The lowest BCUT2D eigenvalue weighted by atomic mass is 9.74. The number of rotatable bonds is 14. The van der Waals surface area contributed by atoms with Gasteiger partial charge in [0, 0.05) is 24.1 Å². The minimum Gasteiger partial charge on any atom is -0.379 e. The lowest BCUT2D eigenvalue weighted by Crippen LogP contribution is -2.47. The number of ether oxygens (including phenoxy) is 3. The molecular formula is C23H50N2O3. The summed E-state index contributed by atoms with van der Waals surface area (Å²) in [6, 6.07) is 0.0619. The van der Waals surface area contributed by atoms with Crippen LogP contribution in [0.2, 0.25) is 0 Å². The molecule has 5 heteroatoms. The van der Waals surface area contributed by atoms with Gasteiger partial charge in [-0.2, -0.15) is 0 Å². The fraction of sp³-hybridized carbons (Fsp3) is 1.00. The standard InChI is InChI=1S/C23H50N2O3/c1-17(21(6,7)25)15-28-23(10,11)20(4,5)12-13-27-22(8,9)18(2)14-26-16-19(3)24/h17-19H,12-16,24-25H2,1-11H3. The monoisotopic (exact) mass is 402 g/mol. The first-order valence-electron chi connectivity index (χ1n) is 10.8. The summed E-state index contributed by atoms with van der Waals surface area (Å²) < 4.78 is 18.3. The molecule has 0 aromatic heterocycles. The summed E-state index contributed by atoms with van der Waals surface area (Å²) in [5.41, 5.74) is 11.2. The predicted octanol–water partition coefficient (Wildman–Crippen LogP) is 4.37. The summed E-state index contributed by atoms with van der Waals surface area (Å²) in [6.07, 6.45) is 0.914. The lowest BCUT2D eigenvalue weighted by molar-refractivity contribution is -0.134. The van der Waals surface area contributed by atoms with E-state index in [9.17, 15) is 0 Å². The van der Waals surface area contributed by atoms with Crippen LogP contribution >= 0.6 is 0 Å². The molecule has 0 spiro atoms. The first-order valence-corrected chi connectivity index (χ1v) is 10.8. The maximum atomic E-state index is 6.32. The van der Waals surface area contributed by atoms with Gasteiger partial charge < -0.3 is 25.7 Å². The van der Waals surface area contributed by atoms with Gasteiger partial charge in [-0.15, -0.1) is 0 Å². The van der Waals surface area contributed by atoms with E-state index in [1.54, 1.807) is 0 Å². The zero-order valence-corrected chi connectivity index (χ0v) is 20.6. The van der Waals surface area contributed by atoms with Crippen LogP contribution in [0.3, 0.4) is 0 Å². The highest BCUT2D eigenvalue weighted by atomic mass is 16.5. The molecule has 4 N–H and O–H groups in total. The normalized spacial score (nSPS) is 17.5. The van der Waals surface area contributed by atoms with Crippen molar-refractivity contribution in [3.05, 3.63) is 0 Å². The Morgan fingerprint density at radius 2 is 1.29 bits per heavy atom. The Morgan fingerprint density at radius 1 is 0.750 bits per heavy atom. The number of hydrogen-bond acceptors (Lipinski definition) is 5. The Morgan fingerprint density at radius 3 is 1.75 bits per heavy atom. The fourth-order valence-corrected chi connectivity index (χ4v) is 2.39. The Balaban J connectivity index is 4.59. The minimum absolute atomic E-state index is 0.0315. The van der Waals surface area contributed by atoms with E-state index < -0.39 is 0 Å². The van der Waals surface area contributed by atoms with Gasteiger partial charge in [-0.3, -0.25) is 0 Å². The summed E-state index contributed by atoms with van der Waals surface area (Å²) in [5.74, 6) is 0.570. The molecular weight excluding hydrogens is 352 g/mol. The molecule has 170 valence electrons. The SMILES string of the molecule is CC(N)COCC(C)C(C)(C)OCCC(C)(C)C(C)(C)OCC(C)C(C)(C)N. The van der Waals surface area contributed by atoms with Crippen LogP contribution in [-0.4, -0.2) is 49.2 Å². The van der Waals surface area contributed by atoms with Gasteiger partial charge in [0.05, 0.1) is 31.0 Å². The van der Waals surface area contributed by atoms with Crippen LogP contribution < -0.4 is 11.5 Å². The molecule has 0 heterocycles. The van der Waals surface area contributed by atoms with Gasteiger partial charge in [-0.1, -0.05) is 27.7 Å². The average Bonchev–Trinajstić information content (AvgIpc) is 2.50. The largest absolute Gasteiger partial charge is 0.379 e. The Hall–Kier alpha value is -0.200. The predicted molar refractivity (Wildman–Crippen MR) is 120 cm³/mol. The van der Waals surface area contributed by atoms with E-state index in [2.05, 4.69) is 55.4 Å². The Labute approximate surface area is 175 Å². The van der Waals surface area contributed by atoms with Crippen molar-refractivity contribution in [1.82, 2.24) is 0 Å². The highest BCUT2D eigenvalue weighted by Gasteiger charge is 2.39. The molecule has 0 aliphatic carbocycles. The Bertz CT molecular complexity index is 440. The van der Waals surface area contributed by atoms with Crippen LogP contribution in [0, 0.1) is 17.3 Å². The summed E-state index contributed by atoms with van der Waals surface area (Å²) in [5, 5.41) is 0. The van der Waals surface area contributed by atoms with Gasteiger partial charge in [-0.05, 0) is 66.2 Å². The van der Waals surface area contributed by atoms with Gasteiger partial charge in [0.2, 0.25) is 0 Å². The molecule has 0 aliphatic rings. The van der Waals surface area contributed by atoms with E-state index in [1.807, 2.05) is 20.8 Å². The molecule has 0 saturated heterocycles. The van der Waals surface area contributed by atoms with Crippen molar-refractivity contribution in [2.45, 2.75) is 105 Å². The minimum atomic E-state index is -0.272. The molecule has 5 nitrogen and oxygen atoms in total. The summed E-state index contributed by atoms with van der Waals surface area (Å²) in [6.45, 7) is 26.0. The second-order valence-corrected chi connectivity index (χ2v) is 11.0. The number of nitrogens with two attached hydrogens (primary N) is 2. The van der Waals surface area contributed by atoms with Crippen molar-refractivity contribution in [2.24, 2.45) is 28.7 Å². The quantitative estimate of drug-likeness (QED) is 0.451. The molecule has 0 rings (SSSR count). The van der Waals surface area contributed by atoms with Crippen LogP contribution in [0.5, 0.6) is 0 Å². The van der Waals surface area contributed by atoms with E-state index in [1.165, 1.54) is 0 Å². The van der Waals surface area contributed by atoms with E-state index >= 15 is 0 Å². The molecule has 28 heavy (non-hydrogen) atoms. The van der Waals surface area contributed by atoms with Gasteiger partial charge in [0.25, 0.3) is 0 Å². The van der Waals surface area contributed by atoms with Crippen LogP contribution in [-0.2, 0) is 14.2 Å². The average molecular weight is 403 g/mol. The maximum absolute atomic E-state index is 6.32. The first-order chi connectivity index (χ1) is 12.4. The molecule has 0 bridgehead atoms. The van der Waals surface area contributed by atoms with Crippen molar-refractivity contribution < 1.29 is 14.2 Å². The third-order valence-electron chi connectivity index (χ3n) is 6.73. The van der Waals surface area contributed by atoms with E-state index in [-0.39, 0.29) is 40.0 Å². The van der Waals surface area contributed by atoms with Crippen LogP contribution in [0.15, 0.2) is 0 Å². The third kappa shape index (κ3) is 9.53. The van der Waals surface area contributed by atoms with Crippen LogP contribution in [0.1, 0.15) is 82.6 Å². The molecule has 0 saturated carbocycles. The summed E-state index contributed by atoms with van der Waals surface area (Å²) in [4.78, 5) is 0. The maximum Gasteiger partial charge on any atom is 0.0678 e. The number of hydrogen-bond donors (Lipinski definition) is 2. The molecule has 0 fully saturated rings. The molecule has 3 atom stereocenters. The van der Waals surface area contributed by atoms with Gasteiger partial charge >= 0.3 is 0 Å². The van der Waals surface area contributed by atoms with Crippen molar-refractivity contribution in [1.29, 1.82) is 0 Å². The Kier molecular flexibility index (Phi) is 10.6. The van der Waals surface area contributed by atoms with Crippen LogP contribution in [0.4, 0.5) is 0 Å². The summed E-state index contributed by atoms with van der Waals surface area (Å²) in [7, 11) is 0. The van der Waals surface area contributed by atoms with E-state index in [4.69, 9.17) is 25.7 Å². The smallest absolute Gasteiger partial charge is 0.0678 e. The second-order valence-electron chi connectivity index (χ2n) is 11.0. The van der Waals surface area contributed by atoms with Gasteiger partial charge in [0.1, 0.15) is 0 Å². The highest BCUT2D eigenvalue weighted by molar-refractivity contribution is 4.89. The third-order valence-corrected chi connectivity index (χ3v) is 6.73. The van der Waals surface area contributed by atoms with Gasteiger partial charge in [0.15, 0.2) is 0 Å². The zero-order valence-electron chi connectivity index (χ0n) is 20.6. The first kappa shape index (κ1) is 27.8. The topological polar surface area (TPSA) is 79.7 Å². The van der Waals surface area contributed by atoms with Crippen LogP contribution in [0.25, 0.3) is 0 Å². The molecule has 0 aliphatic heterocycles. The van der Waals surface area contributed by atoms with E-state index in [0.717, 1.165) is 6.42 Å². The molecule has 0 radical (unpaired) electrons. The van der Waals surface area contributed by atoms with Gasteiger partial charge in [-0.25, -0.2) is 0 Å². The fourth-order valence-electron chi connectivity index (χ4n) is 2.39. The molecule has 0 aromatic rings. The van der Waals surface area contributed by atoms with Crippen molar-refractivity contribution >= 4 is 0 Å². The van der Waals surface area contributed by atoms with Crippen molar-refractivity contribution in [3.63, 3.8) is 0 Å². The zero-order chi connectivity index (χ0) is 22.4. The molecule has 0 aromatic carbocycles. The highest BCUT2D eigenvalue weighted by Crippen LogP contribution is 2.38.